The quantitative estimate of drug-likeness (QED) is 0.419. The first-order valence-corrected chi connectivity index (χ1v) is 8.36. The lowest BCUT2D eigenvalue weighted by Crippen LogP contribution is -2.30. The third-order valence-corrected chi connectivity index (χ3v) is 4.58. The van der Waals surface area contributed by atoms with Gasteiger partial charge in [-0.2, -0.15) is 0 Å². The van der Waals surface area contributed by atoms with Gasteiger partial charge in [0.15, 0.2) is 0 Å². The van der Waals surface area contributed by atoms with Crippen molar-refractivity contribution in [1.82, 2.24) is 4.57 Å². The van der Waals surface area contributed by atoms with E-state index in [9.17, 15) is 4.79 Å². The number of esters is 1. The second-order valence-corrected chi connectivity index (χ2v) is 6.25. The molecule has 0 amide bonds. The Morgan fingerprint density at radius 3 is 2.86 bits per heavy atom. The maximum Gasteiger partial charge on any atom is 0.309 e. The highest BCUT2D eigenvalue weighted by molar-refractivity contribution is 5.74. The molecule has 2 atom stereocenters. The molecule has 0 spiro atoms. The lowest BCUT2D eigenvalue weighted by Gasteiger charge is -2.10. The molecule has 4 nitrogen and oxygen atoms in total. The summed E-state index contributed by atoms with van der Waals surface area (Å²) in [6.45, 7) is 5.98. The Hall–Kier alpha value is -1.32. The summed E-state index contributed by atoms with van der Waals surface area (Å²) in [6.07, 6.45) is 11.4. The molecule has 1 saturated heterocycles. The van der Waals surface area contributed by atoms with Gasteiger partial charge in [0, 0.05) is 12.3 Å². The van der Waals surface area contributed by atoms with E-state index < -0.39 is 0 Å². The molecule has 0 saturated carbocycles. The van der Waals surface area contributed by atoms with Crippen molar-refractivity contribution in [2.24, 2.45) is 18.9 Å². The van der Waals surface area contributed by atoms with E-state index in [0.29, 0.717) is 12.5 Å². The standard InChI is InChI=1S/C17H29N2O2/c1-4-6-7-8-9-19-11-15(18(3)13-19)10-14-12-21-17(20)16(14)5-2/h11,13-14,16H,4-10,12H2,1-3H3/q+1/t14-,16-/m0/s1. The van der Waals surface area contributed by atoms with Crippen molar-refractivity contribution >= 4 is 5.97 Å². The van der Waals surface area contributed by atoms with Crippen LogP contribution in [0.2, 0.25) is 0 Å². The fraction of sp³-hybridized carbons (Fsp3) is 0.765. The third kappa shape index (κ3) is 4.08. The number of cyclic esters (lactones) is 1. The highest BCUT2D eigenvalue weighted by atomic mass is 16.5. The van der Waals surface area contributed by atoms with Gasteiger partial charge < -0.3 is 4.74 Å². The van der Waals surface area contributed by atoms with Gasteiger partial charge in [-0.15, -0.1) is 0 Å². The highest BCUT2D eigenvalue weighted by Crippen LogP contribution is 2.27. The molecule has 0 aliphatic carbocycles. The number of aryl methyl sites for hydroxylation is 2. The zero-order valence-electron chi connectivity index (χ0n) is 13.7. The first-order chi connectivity index (χ1) is 10.2. The van der Waals surface area contributed by atoms with Crippen LogP contribution in [0.3, 0.4) is 0 Å². The molecule has 1 fully saturated rings. The predicted octanol–water partition coefficient (Wildman–Crippen LogP) is 2.63. The van der Waals surface area contributed by atoms with Crippen molar-refractivity contribution in [2.45, 2.75) is 58.9 Å². The summed E-state index contributed by atoms with van der Waals surface area (Å²) in [5, 5.41) is 0. The summed E-state index contributed by atoms with van der Waals surface area (Å²) in [4.78, 5) is 11.7. The van der Waals surface area contributed by atoms with Gasteiger partial charge in [-0.3, -0.25) is 4.79 Å². The van der Waals surface area contributed by atoms with Gasteiger partial charge in [-0.1, -0.05) is 26.7 Å². The molecule has 1 aromatic rings. The monoisotopic (exact) mass is 293 g/mol. The summed E-state index contributed by atoms with van der Waals surface area (Å²) in [5.41, 5.74) is 1.30. The summed E-state index contributed by atoms with van der Waals surface area (Å²) in [6, 6.07) is 0. The van der Waals surface area contributed by atoms with Crippen molar-refractivity contribution in [2.75, 3.05) is 6.61 Å². The van der Waals surface area contributed by atoms with Gasteiger partial charge in [0.25, 0.3) is 0 Å². The number of hydrogen-bond acceptors (Lipinski definition) is 2. The molecule has 0 radical (unpaired) electrons. The lowest BCUT2D eigenvalue weighted by atomic mass is 9.89. The molecule has 118 valence electrons. The number of rotatable bonds is 8. The van der Waals surface area contributed by atoms with E-state index in [1.165, 1.54) is 31.4 Å². The molecular formula is C17H29N2O2+. The second kappa shape index (κ2) is 7.62. The Bertz CT molecular complexity index is 467. The summed E-state index contributed by atoms with van der Waals surface area (Å²) >= 11 is 0. The van der Waals surface area contributed by atoms with Gasteiger partial charge in [-0.25, -0.2) is 9.13 Å². The third-order valence-electron chi connectivity index (χ3n) is 4.58. The first-order valence-electron chi connectivity index (χ1n) is 8.36. The molecule has 0 aromatic carbocycles. The Balaban J connectivity index is 1.91. The van der Waals surface area contributed by atoms with Crippen LogP contribution in [0.25, 0.3) is 0 Å². The zero-order valence-corrected chi connectivity index (χ0v) is 13.7. The van der Waals surface area contributed by atoms with E-state index in [0.717, 1.165) is 19.4 Å². The minimum absolute atomic E-state index is 0.0100. The fourth-order valence-corrected chi connectivity index (χ4v) is 3.23. The summed E-state index contributed by atoms with van der Waals surface area (Å²) in [5.74, 6) is 0.409. The van der Waals surface area contributed by atoms with Crippen LogP contribution >= 0.6 is 0 Å². The minimum Gasteiger partial charge on any atom is -0.465 e. The van der Waals surface area contributed by atoms with Gasteiger partial charge in [0.05, 0.1) is 26.1 Å². The van der Waals surface area contributed by atoms with Crippen LogP contribution in [-0.2, 0) is 29.5 Å². The molecule has 0 bridgehead atoms. The van der Waals surface area contributed by atoms with Crippen molar-refractivity contribution in [1.29, 1.82) is 0 Å². The lowest BCUT2D eigenvalue weighted by molar-refractivity contribution is -0.697. The van der Waals surface area contributed by atoms with E-state index in [1.54, 1.807) is 0 Å². The number of aromatic nitrogens is 2. The number of ether oxygens (including phenoxy) is 1. The van der Waals surface area contributed by atoms with E-state index in [-0.39, 0.29) is 11.9 Å². The van der Waals surface area contributed by atoms with E-state index >= 15 is 0 Å². The Morgan fingerprint density at radius 1 is 1.33 bits per heavy atom. The fourth-order valence-electron chi connectivity index (χ4n) is 3.23. The van der Waals surface area contributed by atoms with Crippen LogP contribution in [0, 0.1) is 11.8 Å². The van der Waals surface area contributed by atoms with Crippen LogP contribution in [0.1, 0.15) is 51.6 Å². The molecule has 2 rings (SSSR count). The molecule has 0 unspecified atom stereocenters. The minimum atomic E-state index is -0.0100. The van der Waals surface area contributed by atoms with E-state index in [4.69, 9.17) is 4.74 Å². The topological polar surface area (TPSA) is 35.1 Å². The average molecular weight is 293 g/mol. The normalized spacial score (nSPS) is 21.8. The molecule has 4 heteroatoms. The van der Waals surface area contributed by atoms with Crippen molar-refractivity contribution < 1.29 is 14.1 Å². The molecular weight excluding hydrogens is 264 g/mol. The van der Waals surface area contributed by atoms with Crippen molar-refractivity contribution in [3.63, 3.8) is 0 Å². The van der Waals surface area contributed by atoms with Crippen molar-refractivity contribution in [3.8, 4) is 0 Å². The van der Waals surface area contributed by atoms with Gasteiger partial charge in [0.2, 0.25) is 6.33 Å². The van der Waals surface area contributed by atoms with E-state index in [2.05, 4.69) is 42.6 Å². The van der Waals surface area contributed by atoms with Crippen LogP contribution in [0.5, 0.6) is 0 Å². The van der Waals surface area contributed by atoms with Gasteiger partial charge in [0.1, 0.15) is 11.9 Å². The van der Waals surface area contributed by atoms with Crippen LogP contribution < -0.4 is 4.57 Å². The summed E-state index contributed by atoms with van der Waals surface area (Å²) < 4.78 is 9.70. The van der Waals surface area contributed by atoms with Crippen LogP contribution in [-0.4, -0.2) is 17.1 Å². The largest absolute Gasteiger partial charge is 0.465 e. The highest BCUT2D eigenvalue weighted by Gasteiger charge is 2.36. The maximum absolute atomic E-state index is 11.7. The summed E-state index contributed by atoms with van der Waals surface area (Å²) in [7, 11) is 2.09. The number of carbonyl (C=O) groups is 1. The average Bonchev–Trinajstić information content (AvgIpc) is 2.99. The number of nitrogens with zero attached hydrogens (tertiary/aromatic N) is 2. The number of hydrogen-bond donors (Lipinski definition) is 0. The number of imidazole rings is 1. The SMILES string of the molecule is CCCCCC[n+]1cc(C[C@H]2COC(=O)[C@H]2CC)n(C)c1. The molecule has 1 aliphatic rings. The zero-order chi connectivity index (χ0) is 15.2. The van der Waals surface area contributed by atoms with Gasteiger partial charge in [-0.05, 0) is 19.3 Å². The molecule has 2 heterocycles. The Kier molecular flexibility index (Phi) is 5.83. The van der Waals surface area contributed by atoms with Gasteiger partial charge >= 0.3 is 5.97 Å². The predicted molar refractivity (Wildman–Crippen MR) is 81.7 cm³/mol. The van der Waals surface area contributed by atoms with E-state index in [1.807, 2.05) is 0 Å². The number of unbranched alkanes of at least 4 members (excludes halogenated alkanes) is 3. The Labute approximate surface area is 128 Å². The number of carbonyl (C=O) groups excluding carboxylic acids is 1. The molecule has 0 N–H and O–H groups in total. The van der Waals surface area contributed by atoms with Crippen LogP contribution in [0.4, 0.5) is 0 Å². The molecule has 1 aliphatic heterocycles. The maximum atomic E-state index is 11.7. The van der Waals surface area contributed by atoms with Crippen molar-refractivity contribution in [3.05, 3.63) is 18.2 Å². The first kappa shape index (κ1) is 16.1. The molecule has 21 heavy (non-hydrogen) atoms. The second-order valence-electron chi connectivity index (χ2n) is 6.25. The molecule has 1 aromatic heterocycles. The Morgan fingerprint density at radius 2 is 2.14 bits per heavy atom. The van der Waals surface area contributed by atoms with Crippen LogP contribution in [0.15, 0.2) is 12.5 Å². The smallest absolute Gasteiger partial charge is 0.309 e.